The second kappa shape index (κ2) is 4.18. The zero-order chi connectivity index (χ0) is 12.7. The van der Waals surface area contributed by atoms with Crippen LogP contribution in [0.4, 0.5) is 0 Å². The first-order valence-corrected chi connectivity index (χ1v) is 6.30. The molecule has 94 valence electrons. The lowest BCUT2D eigenvalue weighted by molar-refractivity contribution is 0.00578. The summed E-state index contributed by atoms with van der Waals surface area (Å²) in [7, 11) is -0.384. The van der Waals surface area contributed by atoms with Gasteiger partial charge in [-0.2, -0.15) is 0 Å². The standard InChI is InChI=1S/C13H21BO3/c1-6-7-10-8-9-11(15-10)14-16-12(2,3)13(4,5)17-14/h8-9H,6-7H2,1-5H3. The maximum absolute atomic E-state index is 5.93. The minimum absolute atomic E-state index is 0.310. The molecule has 0 amide bonds. The lowest BCUT2D eigenvalue weighted by atomic mass is 9.86. The average Bonchev–Trinajstić information content (AvgIpc) is 2.71. The summed E-state index contributed by atoms with van der Waals surface area (Å²) in [6, 6.07) is 3.96. The van der Waals surface area contributed by atoms with E-state index in [0.717, 1.165) is 24.3 Å². The minimum Gasteiger partial charge on any atom is -0.470 e. The molecular formula is C13H21BO3. The van der Waals surface area contributed by atoms with Gasteiger partial charge in [0.15, 0.2) is 0 Å². The molecule has 2 heterocycles. The number of furan rings is 1. The maximum Gasteiger partial charge on any atom is 0.532 e. The maximum atomic E-state index is 5.93. The Morgan fingerprint density at radius 1 is 1.06 bits per heavy atom. The lowest BCUT2D eigenvalue weighted by Crippen LogP contribution is -2.41. The Morgan fingerprint density at radius 3 is 2.18 bits per heavy atom. The Hall–Kier alpha value is -0.735. The van der Waals surface area contributed by atoms with E-state index in [2.05, 4.69) is 6.92 Å². The second-order valence-electron chi connectivity index (χ2n) is 5.64. The fourth-order valence-electron chi connectivity index (χ4n) is 1.86. The molecule has 1 aromatic heterocycles. The van der Waals surface area contributed by atoms with Crippen LogP contribution in [0.2, 0.25) is 0 Å². The fraction of sp³-hybridized carbons (Fsp3) is 0.692. The van der Waals surface area contributed by atoms with Crippen molar-refractivity contribution in [2.45, 2.75) is 58.7 Å². The van der Waals surface area contributed by atoms with Gasteiger partial charge < -0.3 is 13.7 Å². The van der Waals surface area contributed by atoms with E-state index >= 15 is 0 Å². The van der Waals surface area contributed by atoms with Gasteiger partial charge in [-0.1, -0.05) is 6.92 Å². The summed E-state index contributed by atoms with van der Waals surface area (Å²) in [6.45, 7) is 10.3. The molecule has 0 bridgehead atoms. The lowest BCUT2D eigenvalue weighted by Gasteiger charge is -2.32. The van der Waals surface area contributed by atoms with Crippen LogP contribution in [0.15, 0.2) is 16.5 Å². The molecule has 0 aliphatic carbocycles. The van der Waals surface area contributed by atoms with Gasteiger partial charge in [-0.3, -0.25) is 0 Å². The molecule has 1 aliphatic heterocycles. The predicted molar refractivity (Wildman–Crippen MR) is 68.4 cm³/mol. The summed E-state index contributed by atoms with van der Waals surface area (Å²) in [5.41, 5.74) is 0.150. The Bertz CT molecular complexity index is 379. The van der Waals surface area contributed by atoms with E-state index in [1.807, 2.05) is 39.8 Å². The summed E-state index contributed by atoms with van der Waals surface area (Å²) < 4.78 is 17.6. The summed E-state index contributed by atoms with van der Waals surface area (Å²) >= 11 is 0. The molecule has 0 unspecified atom stereocenters. The third-order valence-electron chi connectivity index (χ3n) is 3.66. The smallest absolute Gasteiger partial charge is 0.470 e. The molecule has 4 heteroatoms. The molecule has 1 saturated heterocycles. The van der Waals surface area contributed by atoms with Crippen molar-refractivity contribution in [2.75, 3.05) is 0 Å². The average molecular weight is 236 g/mol. The predicted octanol–water partition coefficient (Wildman–Crippen LogP) is 2.53. The quantitative estimate of drug-likeness (QED) is 0.755. The van der Waals surface area contributed by atoms with E-state index in [0.29, 0.717) is 0 Å². The Morgan fingerprint density at radius 2 is 1.65 bits per heavy atom. The highest BCUT2D eigenvalue weighted by Crippen LogP contribution is 2.36. The van der Waals surface area contributed by atoms with E-state index in [1.165, 1.54) is 0 Å². The highest BCUT2D eigenvalue weighted by Gasteiger charge is 2.53. The van der Waals surface area contributed by atoms with Crippen LogP contribution >= 0.6 is 0 Å². The van der Waals surface area contributed by atoms with Crippen molar-refractivity contribution in [1.82, 2.24) is 0 Å². The van der Waals surface area contributed by atoms with E-state index in [-0.39, 0.29) is 18.3 Å². The summed E-state index contributed by atoms with van der Waals surface area (Å²) in [5, 5.41) is 0. The van der Waals surface area contributed by atoms with E-state index in [9.17, 15) is 0 Å². The van der Waals surface area contributed by atoms with E-state index < -0.39 is 0 Å². The zero-order valence-corrected chi connectivity index (χ0v) is 11.4. The molecule has 1 fully saturated rings. The normalized spacial score (nSPS) is 22.1. The van der Waals surface area contributed by atoms with Gasteiger partial charge in [-0.25, -0.2) is 0 Å². The highest BCUT2D eigenvalue weighted by atomic mass is 16.7. The fourth-order valence-corrected chi connectivity index (χ4v) is 1.86. The van der Waals surface area contributed by atoms with E-state index in [4.69, 9.17) is 13.7 Å². The third-order valence-corrected chi connectivity index (χ3v) is 3.66. The molecule has 0 spiro atoms. The van der Waals surface area contributed by atoms with Gasteiger partial charge in [0, 0.05) is 6.42 Å². The molecule has 1 aromatic rings. The van der Waals surface area contributed by atoms with Crippen molar-refractivity contribution in [3.8, 4) is 0 Å². The first-order valence-electron chi connectivity index (χ1n) is 6.30. The van der Waals surface area contributed by atoms with Crippen LogP contribution in [-0.4, -0.2) is 18.3 Å². The van der Waals surface area contributed by atoms with Crippen LogP contribution in [0, 0.1) is 0 Å². The third kappa shape index (κ3) is 2.29. The Labute approximate surface area is 104 Å². The topological polar surface area (TPSA) is 31.6 Å². The molecule has 2 rings (SSSR count). The van der Waals surface area contributed by atoms with Gasteiger partial charge in [0.05, 0.1) is 11.2 Å². The van der Waals surface area contributed by atoms with Gasteiger partial charge in [-0.15, -0.1) is 0 Å². The number of rotatable bonds is 3. The zero-order valence-electron chi connectivity index (χ0n) is 11.4. The Balaban J connectivity index is 2.14. The van der Waals surface area contributed by atoms with Gasteiger partial charge in [-0.05, 0) is 46.2 Å². The summed E-state index contributed by atoms with van der Waals surface area (Å²) in [6.07, 6.45) is 2.04. The summed E-state index contributed by atoms with van der Waals surface area (Å²) in [4.78, 5) is 0. The molecule has 1 aliphatic rings. The van der Waals surface area contributed by atoms with Crippen molar-refractivity contribution < 1.29 is 13.7 Å². The van der Waals surface area contributed by atoms with Crippen LogP contribution in [0.5, 0.6) is 0 Å². The molecule has 17 heavy (non-hydrogen) atoms. The van der Waals surface area contributed by atoms with Crippen molar-refractivity contribution >= 4 is 12.8 Å². The van der Waals surface area contributed by atoms with Crippen LogP contribution in [-0.2, 0) is 15.7 Å². The van der Waals surface area contributed by atoms with Gasteiger partial charge in [0.25, 0.3) is 0 Å². The molecule has 0 N–H and O–H groups in total. The van der Waals surface area contributed by atoms with Crippen LogP contribution < -0.4 is 5.66 Å². The largest absolute Gasteiger partial charge is 0.532 e. The Kier molecular flexibility index (Phi) is 3.13. The second-order valence-corrected chi connectivity index (χ2v) is 5.64. The van der Waals surface area contributed by atoms with Gasteiger partial charge in [0.2, 0.25) is 0 Å². The first-order chi connectivity index (χ1) is 7.86. The monoisotopic (exact) mass is 236 g/mol. The summed E-state index contributed by atoms with van der Waals surface area (Å²) in [5.74, 6) is 0.997. The SMILES string of the molecule is CCCc1ccc(B2OC(C)(C)C(C)(C)O2)o1. The van der Waals surface area contributed by atoms with Crippen molar-refractivity contribution in [3.63, 3.8) is 0 Å². The molecular weight excluding hydrogens is 215 g/mol. The van der Waals surface area contributed by atoms with Crippen LogP contribution in [0.3, 0.4) is 0 Å². The van der Waals surface area contributed by atoms with Crippen molar-refractivity contribution in [1.29, 1.82) is 0 Å². The van der Waals surface area contributed by atoms with Crippen LogP contribution in [0.25, 0.3) is 0 Å². The van der Waals surface area contributed by atoms with Gasteiger partial charge >= 0.3 is 7.12 Å². The number of hydrogen-bond acceptors (Lipinski definition) is 3. The highest BCUT2D eigenvalue weighted by molar-refractivity contribution is 6.60. The first kappa shape index (κ1) is 12.7. The molecule has 0 saturated carbocycles. The molecule has 0 radical (unpaired) electrons. The minimum atomic E-state index is -0.384. The molecule has 0 aromatic carbocycles. The number of aryl methyl sites for hydroxylation is 1. The molecule has 3 nitrogen and oxygen atoms in total. The number of hydrogen-bond donors (Lipinski definition) is 0. The molecule has 0 atom stereocenters. The van der Waals surface area contributed by atoms with E-state index in [1.54, 1.807) is 0 Å². The van der Waals surface area contributed by atoms with Gasteiger partial charge in [0.1, 0.15) is 11.4 Å². The van der Waals surface area contributed by atoms with Crippen molar-refractivity contribution in [3.05, 3.63) is 17.9 Å². The van der Waals surface area contributed by atoms with Crippen molar-refractivity contribution in [2.24, 2.45) is 0 Å². The van der Waals surface area contributed by atoms with Crippen LogP contribution in [0.1, 0.15) is 46.8 Å².